The van der Waals surface area contributed by atoms with Crippen LogP contribution in [0.25, 0.3) is 0 Å². The molecule has 0 saturated carbocycles. The minimum absolute atomic E-state index is 0.467. The summed E-state index contributed by atoms with van der Waals surface area (Å²) in [7, 11) is 1.73. The molecule has 1 atom stereocenters. The SMILES string of the molecule is CCCC(NCC)c1cc(C)c(OC)cc1C. The highest BCUT2D eigenvalue weighted by molar-refractivity contribution is 5.42. The molecule has 0 spiro atoms. The van der Waals surface area contributed by atoms with Crippen LogP contribution in [0.3, 0.4) is 0 Å². The van der Waals surface area contributed by atoms with E-state index in [0.29, 0.717) is 6.04 Å². The molecule has 0 bridgehead atoms. The van der Waals surface area contributed by atoms with Crippen molar-refractivity contribution in [1.29, 1.82) is 0 Å². The van der Waals surface area contributed by atoms with E-state index in [1.54, 1.807) is 7.11 Å². The molecule has 0 amide bonds. The fraction of sp³-hybridized carbons (Fsp3) is 0.600. The van der Waals surface area contributed by atoms with Gasteiger partial charge in [-0.3, -0.25) is 0 Å². The molecule has 1 N–H and O–H groups in total. The van der Waals surface area contributed by atoms with Gasteiger partial charge in [-0.2, -0.15) is 0 Å². The van der Waals surface area contributed by atoms with Gasteiger partial charge in [0.05, 0.1) is 7.11 Å². The number of methoxy groups -OCH3 is 1. The second-order valence-corrected chi connectivity index (χ2v) is 4.58. The zero-order valence-electron chi connectivity index (χ0n) is 11.8. The first kappa shape index (κ1) is 14.0. The van der Waals surface area contributed by atoms with E-state index in [-0.39, 0.29) is 0 Å². The Morgan fingerprint density at radius 2 is 1.88 bits per heavy atom. The highest BCUT2D eigenvalue weighted by Gasteiger charge is 2.13. The summed E-state index contributed by atoms with van der Waals surface area (Å²) in [5.41, 5.74) is 3.94. The smallest absolute Gasteiger partial charge is 0.122 e. The molecule has 0 fully saturated rings. The second-order valence-electron chi connectivity index (χ2n) is 4.58. The predicted molar refractivity (Wildman–Crippen MR) is 73.8 cm³/mol. The molecular weight excluding hydrogens is 210 g/mol. The van der Waals surface area contributed by atoms with Gasteiger partial charge >= 0.3 is 0 Å². The van der Waals surface area contributed by atoms with Gasteiger partial charge in [0.25, 0.3) is 0 Å². The van der Waals surface area contributed by atoms with Crippen molar-refractivity contribution < 1.29 is 4.74 Å². The van der Waals surface area contributed by atoms with Crippen LogP contribution in [0, 0.1) is 13.8 Å². The van der Waals surface area contributed by atoms with Gasteiger partial charge in [0.2, 0.25) is 0 Å². The van der Waals surface area contributed by atoms with Gasteiger partial charge in [0.15, 0.2) is 0 Å². The van der Waals surface area contributed by atoms with Gasteiger partial charge in [-0.15, -0.1) is 0 Å². The summed E-state index contributed by atoms with van der Waals surface area (Å²) < 4.78 is 5.36. The number of nitrogens with one attached hydrogen (secondary N) is 1. The van der Waals surface area contributed by atoms with Crippen LogP contribution in [0.4, 0.5) is 0 Å². The van der Waals surface area contributed by atoms with Gasteiger partial charge < -0.3 is 10.1 Å². The van der Waals surface area contributed by atoms with Crippen molar-refractivity contribution in [2.75, 3.05) is 13.7 Å². The van der Waals surface area contributed by atoms with E-state index in [1.165, 1.54) is 29.5 Å². The molecule has 0 aliphatic rings. The number of hydrogen-bond acceptors (Lipinski definition) is 2. The van der Waals surface area contributed by atoms with Crippen molar-refractivity contribution in [2.45, 2.75) is 46.6 Å². The number of benzene rings is 1. The maximum atomic E-state index is 5.36. The number of ether oxygens (including phenoxy) is 1. The molecular formula is C15H25NO. The molecule has 2 nitrogen and oxygen atoms in total. The van der Waals surface area contributed by atoms with E-state index in [4.69, 9.17) is 4.74 Å². The Labute approximate surface area is 105 Å². The van der Waals surface area contributed by atoms with Crippen LogP contribution in [0.15, 0.2) is 12.1 Å². The monoisotopic (exact) mass is 235 g/mol. The van der Waals surface area contributed by atoms with Crippen molar-refractivity contribution in [3.05, 3.63) is 28.8 Å². The molecule has 96 valence electrons. The fourth-order valence-corrected chi connectivity index (χ4v) is 2.31. The van der Waals surface area contributed by atoms with Gasteiger partial charge in [-0.05, 0) is 49.6 Å². The molecule has 0 heterocycles. The largest absolute Gasteiger partial charge is 0.496 e. The molecule has 1 aromatic rings. The van der Waals surface area contributed by atoms with Crippen LogP contribution >= 0.6 is 0 Å². The average Bonchev–Trinajstić information content (AvgIpc) is 2.31. The molecule has 1 aromatic carbocycles. The van der Waals surface area contributed by atoms with Gasteiger partial charge in [-0.1, -0.05) is 26.3 Å². The van der Waals surface area contributed by atoms with E-state index in [0.717, 1.165) is 12.3 Å². The zero-order chi connectivity index (χ0) is 12.8. The Hall–Kier alpha value is -1.02. The molecule has 0 saturated heterocycles. The van der Waals surface area contributed by atoms with Crippen LogP contribution in [0.1, 0.15) is 49.4 Å². The average molecular weight is 235 g/mol. The van der Waals surface area contributed by atoms with Crippen molar-refractivity contribution >= 4 is 0 Å². The third-order valence-electron chi connectivity index (χ3n) is 3.19. The Morgan fingerprint density at radius 1 is 1.18 bits per heavy atom. The van der Waals surface area contributed by atoms with Gasteiger partial charge in [0.1, 0.15) is 5.75 Å². The maximum Gasteiger partial charge on any atom is 0.122 e. The fourth-order valence-electron chi connectivity index (χ4n) is 2.31. The Balaban J connectivity index is 3.05. The lowest BCUT2D eigenvalue weighted by molar-refractivity contribution is 0.410. The Kier molecular flexibility index (Phi) is 5.49. The summed E-state index contributed by atoms with van der Waals surface area (Å²) in [6.45, 7) is 9.67. The normalized spacial score (nSPS) is 12.5. The van der Waals surface area contributed by atoms with E-state index in [9.17, 15) is 0 Å². The van der Waals surface area contributed by atoms with Crippen molar-refractivity contribution in [1.82, 2.24) is 5.32 Å². The second kappa shape index (κ2) is 6.65. The lowest BCUT2D eigenvalue weighted by Crippen LogP contribution is -2.21. The van der Waals surface area contributed by atoms with Crippen LogP contribution in [0.2, 0.25) is 0 Å². The summed E-state index contributed by atoms with van der Waals surface area (Å²) in [5, 5.41) is 3.56. The molecule has 17 heavy (non-hydrogen) atoms. The zero-order valence-corrected chi connectivity index (χ0v) is 11.8. The predicted octanol–water partition coefficient (Wildman–Crippen LogP) is 3.76. The first-order valence-corrected chi connectivity index (χ1v) is 6.52. The molecule has 0 aliphatic heterocycles. The number of hydrogen-bond donors (Lipinski definition) is 1. The van der Waals surface area contributed by atoms with Crippen LogP contribution in [-0.2, 0) is 0 Å². The summed E-state index contributed by atoms with van der Waals surface area (Å²) in [6.07, 6.45) is 2.38. The summed E-state index contributed by atoms with van der Waals surface area (Å²) in [6, 6.07) is 4.87. The summed E-state index contributed by atoms with van der Waals surface area (Å²) in [4.78, 5) is 0. The Morgan fingerprint density at radius 3 is 2.41 bits per heavy atom. The molecule has 1 unspecified atom stereocenters. The minimum atomic E-state index is 0.467. The van der Waals surface area contributed by atoms with Crippen LogP contribution < -0.4 is 10.1 Å². The minimum Gasteiger partial charge on any atom is -0.496 e. The third kappa shape index (κ3) is 3.47. The standard InChI is InChI=1S/C15H25NO/c1-6-8-14(16-7-2)13-9-12(4)15(17-5)10-11(13)3/h9-10,14,16H,6-8H2,1-5H3. The highest BCUT2D eigenvalue weighted by atomic mass is 16.5. The molecule has 2 heteroatoms. The molecule has 0 aromatic heterocycles. The number of rotatable bonds is 6. The Bertz CT molecular complexity index is 354. The van der Waals surface area contributed by atoms with E-state index in [1.807, 2.05) is 0 Å². The number of aryl methyl sites for hydroxylation is 2. The molecule has 0 radical (unpaired) electrons. The first-order valence-electron chi connectivity index (χ1n) is 6.52. The lowest BCUT2D eigenvalue weighted by Gasteiger charge is -2.21. The van der Waals surface area contributed by atoms with E-state index >= 15 is 0 Å². The molecule has 1 rings (SSSR count). The topological polar surface area (TPSA) is 21.3 Å². The van der Waals surface area contributed by atoms with E-state index < -0.39 is 0 Å². The van der Waals surface area contributed by atoms with Gasteiger partial charge in [-0.25, -0.2) is 0 Å². The molecule has 0 aliphatic carbocycles. The van der Waals surface area contributed by atoms with Gasteiger partial charge in [0, 0.05) is 6.04 Å². The maximum absolute atomic E-state index is 5.36. The third-order valence-corrected chi connectivity index (χ3v) is 3.19. The van der Waals surface area contributed by atoms with Crippen molar-refractivity contribution in [3.63, 3.8) is 0 Å². The van der Waals surface area contributed by atoms with Crippen molar-refractivity contribution in [2.24, 2.45) is 0 Å². The first-order chi connectivity index (χ1) is 8.13. The van der Waals surface area contributed by atoms with Crippen LogP contribution in [-0.4, -0.2) is 13.7 Å². The van der Waals surface area contributed by atoms with Crippen LogP contribution in [0.5, 0.6) is 5.75 Å². The lowest BCUT2D eigenvalue weighted by atomic mass is 9.95. The summed E-state index contributed by atoms with van der Waals surface area (Å²) in [5.74, 6) is 0.984. The quantitative estimate of drug-likeness (QED) is 0.810. The van der Waals surface area contributed by atoms with Crippen molar-refractivity contribution in [3.8, 4) is 5.75 Å². The van der Waals surface area contributed by atoms with E-state index in [2.05, 4.69) is 45.1 Å². The highest BCUT2D eigenvalue weighted by Crippen LogP contribution is 2.28. The summed E-state index contributed by atoms with van der Waals surface area (Å²) >= 11 is 0.